The maximum atomic E-state index is 13.4. The van der Waals surface area contributed by atoms with E-state index in [1.54, 1.807) is 78.6 Å². The largest absolute Gasteiger partial charge is 0.494 e. The van der Waals surface area contributed by atoms with Crippen molar-refractivity contribution in [3.63, 3.8) is 0 Å². The molecule has 0 aliphatic rings. The Kier molecular flexibility index (Phi) is 8.14. The lowest BCUT2D eigenvalue weighted by atomic mass is 10.1. The molecule has 0 aromatic heterocycles. The lowest BCUT2D eigenvalue weighted by Gasteiger charge is -2.24. The number of nitrogens with zero attached hydrogens (tertiary/aromatic N) is 1. The van der Waals surface area contributed by atoms with E-state index in [1.165, 1.54) is 0 Å². The molecule has 5 nitrogen and oxygen atoms in total. The van der Waals surface area contributed by atoms with Gasteiger partial charge in [-0.1, -0.05) is 29.3 Å². The summed E-state index contributed by atoms with van der Waals surface area (Å²) in [6.07, 6.45) is 0. The van der Waals surface area contributed by atoms with Crippen LogP contribution in [0.4, 0.5) is 5.69 Å². The van der Waals surface area contributed by atoms with Gasteiger partial charge in [0.05, 0.1) is 25.3 Å². The van der Waals surface area contributed by atoms with Crippen LogP contribution in [-0.4, -0.2) is 25.1 Å². The topological polar surface area (TPSA) is 55.8 Å². The fourth-order valence-electron chi connectivity index (χ4n) is 3.11. The van der Waals surface area contributed by atoms with Crippen molar-refractivity contribution in [3.8, 4) is 5.75 Å². The maximum Gasteiger partial charge on any atom is 0.338 e. The van der Waals surface area contributed by atoms with Gasteiger partial charge in [0.2, 0.25) is 0 Å². The van der Waals surface area contributed by atoms with E-state index in [2.05, 4.69) is 0 Å². The number of esters is 1. The highest BCUT2D eigenvalue weighted by atomic mass is 35.5. The smallest absolute Gasteiger partial charge is 0.338 e. The van der Waals surface area contributed by atoms with Gasteiger partial charge in [-0.15, -0.1) is 0 Å². The zero-order valence-electron chi connectivity index (χ0n) is 17.8. The van der Waals surface area contributed by atoms with Gasteiger partial charge in [0.1, 0.15) is 5.75 Å². The van der Waals surface area contributed by atoms with E-state index in [0.29, 0.717) is 39.2 Å². The Balaban J connectivity index is 1.95. The number of anilines is 1. The van der Waals surface area contributed by atoms with E-state index in [9.17, 15) is 9.59 Å². The number of ether oxygens (including phenoxy) is 2. The van der Waals surface area contributed by atoms with Crippen molar-refractivity contribution in [2.75, 3.05) is 18.1 Å². The summed E-state index contributed by atoms with van der Waals surface area (Å²) in [7, 11) is 0. The lowest BCUT2D eigenvalue weighted by molar-refractivity contribution is 0.0526. The van der Waals surface area contributed by atoms with E-state index < -0.39 is 5.97 Å². The molecule has 0 saturated carbocycles. The molecule has 0 atom stereocenters. The Labute approximate surface area is 197 Å². The number of rotatable bonds is 8. The van der Waals surface area contributed by atoms with Crippen LogP contribution >= 0.6 is 23.2 Å². The Morgan fingerprint density at radius 2 is 1.50 bits per heavy atom. The molecule has 0 spiro atoms. The quantitative estimate of drug-likeness (QED) is 0.355. The lowest BCUT2D eigenvalue weighted by Crippen LogP contribution is -2.30. The van der Waals surface area contributed by atoms with Crippen LogP contribution in [-0.2, 0) is 11.3 Å². The Morgan fingerprint density at radius 3 is 2.09 bits per heavy atom. The SMILES string of the molecule is CCOC(=O)c1ccc(N(Cc2ccc(Cl)cc2Cl)C(=O)c2ccc(OCC)cc2)cc1. The monoisotopic (exact) mass is 471 g/mol. The van der Waals surface area contributed by atoms with Gasteiger partial charge >= 0.3 is 5.97 Å². The van der Waals surface area contributed by atoms with Gasteiger partial charge in [-0.2, -0.15) is 0 Å². The van der Waals surface area contributed by atoms with Crippen LogP contribution < -0.4 is 9.64 Å². The predicted octanol–water partition coefficient (Wildman–Crippen LogP) is 6.42. The third-order valence-electron chi connectivity index (χ3n) is 4.69. The molecule has 0 radical (unpaired) electrons. The molecule has 0 fully saturated rings. The van der Waals surface area contributed by atoms with Crippen molar-refractivity contribution >= 4 is 40.8 Å². The van der Waals surface area contributed by atoms with Crippen molar-refractivity contribution in [2.45, 2.75) is 20.4 Å². The molecule has 0 bridgehead atoms. The highest BCUT2D eigenvalue weighted by Crippen LogP contribution is 2.27. The summed E-state index contributed by atoms with van der Waals surface area (Å²) in [5.74, 6) is 0.0577. The molecule has 0 heterocycles. The molecule has 3 aromatic carbocycles. The average molecular weight is 472 g/mol. The van der Waals surface area contributed by atoms with Gasteiger partial charge in [-0.25, -0.2) is 4.79 Å². The first kappa shape index (κ1) is 23.6. The zero-order chi connectivity index (χ0) is 23.1. The molecule has 3 aromatic rings. The summed E-state index contributed by atoms with van der Waals surface area (Å²) < 4.78 is 10.5. The molecule has 0 N–H and O–H groups in total. The Bertz CT molecular complexity index is 1080. The van der Waals surface area contributed by atoms with Crippen LogP contribution in [0.15, 0.2) is 66.7 Å². The molecular weight excluding hydrogens is 449 g/mol. The predicted molar refractivity (Wildman–Crippen MR) is 127 cm³/mol. The van der Waals surface area contributed by atoms with E-state index >= 15 is 0 Å². The number of hydrogen-bond acceptors (Lipinski definition) is 4. The summed E-state index contributed by atoms with van der Waals surface area (Å²) >= 11 is 12.4. The van der Waals surface area contributed by atoms with E-state index in [4.69, 9.17) is 32.7 Å². The maximum absolute atomic E-state index is 13.4. The third-order valence-corrected chi connectivity index (χ3v) is 5.28. The minimum atomic E-state index is -0.413. The summed E-state index contributed by atoms with van der Waals surface area (Å²) in [6.45, 7) is 4.70. The molecule has 0 saturated heterocycles. The van der Waals surface area contributed by atoms with Gasteiger partial charge in [-0.3, -0.25) is 4.79 Å². The third kappa shape index (κ3) is 5.81. The van der Waals surface area contributed by atoms with Crippen molar-refractivity contribution in [3.05, 3.63) is 93.5 Å². The second kappa shape index (κ2) is 11.0. The summed E-state index contributed by atoms with van der Waals surface area (Å²) in [5, 5.41) is 0.979. The van der Waals surface area contributed by atoms with Gasteiger partial charge in [0.25, 0.3) is 5.91 Å². The first-order valence-corrected chi connectivity index (χ1v) is 10.9. The van der Waals surface area contributed by atoms with Crippen molar-refractivity contribution in [1.29, 1.82) is 0 Å². The van der Waals surface area contributed by atoms with Crippen molar-refractivity contribution in [2.24, 2.45) is 0 Å². The summed E-state index contributed by atoms with van der Waals surface area (Å²) in [5.41, 5.74) is 2.26. The normalized spacial score (nSPS) is 10.5. The molecule has 0 unspecified atom stereocenters. The number of carbonyl (C=O) groups excluding carboxylic acids is 2. The minimum absolute atomic E-state index is 0.219. The van der Waals surface area contributed by atoms with Crippen molar-refractivity contribution < 1.29 is 19.1 Å². The number of amides is 1. The second-order valence-corrected chi connectivity index (χ2v) is 7.70. The average Bonchev–Trinajstić information content (AvgIpc) is 2.79. The number of halogens is 2. The summed E-state index contributed by atoms with van der Waals surface area (Å²) in [6, 6.07) is 18.8. The van der Waals surface area contributed by atoms with Crippen LogP contribution in [0.2, 0.25) is 10.0 Å². The second-order valence-electron chi connectivity index (χ2n) is 6.85. The van der Waals surface area contributed by atoms with Gasteiger partial charge < -0.3 is 14.4 Å². The molecule has 166 valence electrons. The summed E-state index contributed by atoms with van der Waals surface area (Å²) in [4.78, 5) is 27.0. The molecule has 0 aliphatic carbocycles. The zero-order valence-corrected chi connectivity index (χ0v) is 19.3. The number of carbonyl (C=O) groups is 2. The Morgan fingerprint density at radius 1 is 0.844 bits per heavy atom. The number of benzene rings is 3. The van der Waals surface area contributed by atoms with Crippen LogP contribution in [0.1, 0.15) is 40.1 Å². The molecule has 1 amide bonds. The van der Waals surface area contributed by atoms with Crippen LogP contribution in [0, 0.1) is 0 Å². The van der Waals surface area contributed by atoms with Crippen LogP contribution in [0.5, 0.6) is 5.75 Å². The Hall–Kier alpha value is -3.02. The first-order chi connectivity index (χ1) is 15.4. The number of hydrogen-bond donors (Lipinski definition) is 0. The molecule has 7 heteroatoms. The molecular formula is C25H23Cl2NO4. The molecule has 32 heavy (non-hydrogen) atoms. The molecule has 0 aliphatic heterocycles. The van der Waals surface area contributed by atoms with Crippen LogP contribution in [0.3, 0.4) is 0 Å². The van der Waals surface area contributed by atoms with Gasteiger partial charge in [0, 0.05) is 21.3 Å². The van der Waals surface area contributed by atoms with E-state index in [-0.39, 0.29) is 19.1 Å². The fraction of sp³-hybridized carbons (Fsp3) is 0.200. The fourth-order valence-corrected chi connectivity index (χ4v) is 3.58. The van der Waals surface area contributed by atoms with Gasteiger partial charge in [-0.05, 0) is 80.1 Å². The first-order valence-electron chi connectivity index (χ1n) is 10.2. The standard InChI is InChI=1S/C25H23Cl2NO4/c1-3-31-22-13-8-17(9-14-22)24(29)28(16-19-5-10-20(26)15-23(19)27)21-11-6-18(7-12-21)25(30)32-4-2/h5-15H,3-4,16H2,1-2H3. The van der Waals surface area contributed by atoms with E-state index in [1.807, 2.05) is 6.92 Å². The van der Waals surface area contributed by atoms with Gasteiger partial charge in [0.15, 0.2) is 0 Å². The molecule has 3 rings (SSSR count). The van der Waals surface area contributed by atoms with Crippen LogP contribution in [0.25, 0.3) is 0 Å². The highest BCUT2D eigenvalue weighted by molar-refractivity contribution is 6.35. The minimum Gasteiger partial charge on any atom is -0.494 e. The highest BCUT2D eigenvalue weighted by Gasteiger charge is 2.20. The van der Waals surface area contributed by atoms with E-state index in [0.717, 1.165) is 5.56 Å². The van der Waals surface area contributed by atoms with Crippen molar-refractivity contribution in [1.82, 2.24) is 0 Å².